The highest BCUT2D eigenvalue weighted by atomic mass is 35.5. The van der Waals surface area contributed by atoms with Gasteiger partial charge in [0.2, 0.25) is 10.0 Å². The lowest BCUT2D eigenvalue weighted by molar-refractivity contribution is 0.336. The summed E-state index contributed by atoms with van der Waals surface area (Å²) < 4.78 is 36.4. The summed E-state index contributed by atoms with van der Waals surface area (Å²) in [5.41, 5.74) is -0.969. The number of halogens is 2. The van der Waals surface area contributed by atoms with Crippen LogP contribution in [0.2, 0.25) is 10.0 Å². The maximum atomic E-state index is 13.9. The zero-order chi connectivity index (χ0) is 28.5. The highest BCUT2D eigenvalue weighted by molar-refractivity contribution is 7.89. The number of hydrogen-bond acceptors (Lipinski definition) is 5. The fraction of sp³-hybridized carbons (Fsp3) is 0.258. The molecule has 1 aliphatic carbocycles. The molecule has 0 bridgehead atoms. The van der Waals surface area contributed by atoms with Gasteiger partial charge in [-0.3, -0.25) is 0 Å². The second-order valence-corrected chi connectivity index (χ2v) is 12.6. The third kappa shape index (κ3) is 5.56. The van der Waals surface area contributed by atoms with Gasteiger partial charge in [0.05, 0.1) is 10.6 Å². The summed E-state index contributed by atoms with van der Waals surface area (Å²) in [7, 11) is -4.34. The second kappa shape index (κ2) is 11.4. The largest absolute Gasteiger partial charge is 0.507 e. The van der Waals surface area contributed by atoms with Gasteiger partial charge in [0, 0.05) is 17.0 Å². The average molecular weight is 599 g/mol. The van der Waals surface area contributed by atoms with Crippen LogP contribution in [-0.4, -0.2) is 13.5 Å². The zero-order valence-corrected chi connectivity index (χ0v) is 24.1. The fourth-order valence-corrected chi connectivity index (χ4v) is 7.54. The minimum atomic E-state index is -4.34. The SMILES string of the molecule is CCC(Cc1ccccc1)c1cc(O)c(C(NS(=O)(=O)c2cc(Cl)ccc2Cl)(c2ccccc2)C2CC2)c(=O)o1. The van der Waals surface area contributed by atoms with Gasteiger partial charge in [-0.15, -0.1) is 0 Å². The molecule has 5 rings (SSSR count). The van der Waals surface area contributed by atoms with Crippen molar-refractivity contribution in [2.24, 2.45) is 5.92 Å². The normalized spacial score (nSPS) is 15.9. The monoisotopic (exact) mass is 597 g/mol. The van der Waals surface area contributed by atoms with Crippen LogP contribution in [0.5, 0.6) is 5.75 Å². The topological polar surface area (TPSA) is 96.6 Å². The van der Waals surface area contributed by atoms with Crippen molar-refractivity contribution < 1.29 is 17.9 Å². The van der Waals surface area contributed by atoms with Crippen molar-refractivity contribution in [2.75, 3.05) is 0 Å². The molecule has 1 aromatic heterocycles. The van der Waals surface area contributed by atoms with E-state index < -0.39 is 21.2 Å². The van der Waals surface area contributed by atoms with Crippen molar-refractivity contribution in [3.8, 4) is 5.75 Å². The van der Waals surface area contributed by atoms with E-state index >= 15 is 0 Å². The summed E-state index contributed by atoms with van der Waals surface area (Å²) in [6, 6.07) is 24.2. The first-order chi connectivity index (χ1) is 19.2. The Morgan fingerprint density at radius 2 is 1.65 bits per heavy atom. The minimum Gasteiger partial charge on any atom is -0.507 e. The third-order valence-electron chi connectivity index (χ3n) is 7.46. The van der Waals surface area contributed by atoms with Crippen molar-refractivity contribution >= 4 is 33.2 Å². The van der Waals surface area contributed by atoms with Crippen molar-refractivity contribution in [1.29, 1.82) is 0 Å². The Balaban J connectivity index is 1.67. The molecule has 208 valence electrons. The Morgan fingerprint density at radius 3 is 2.25 bits per heavy atom. The summed E-state index contributed by atoms with van der Waals surface area (Å²) in [5.74, 6) is -0.456. The molecular weight excluding hydrogens is 569 g/mol. The Hall–Kier alpha value is -3.10. The van der Waals surface area contributed by atoms with Gasteiger partial charge in [0.15, 0.2) is 0 Å². The van der Waals surface area contributed by atoms with E-state index in [2.05, 4.69) is 4.72 Å². The fourth-order valence-electron chi connectivity index (χ4n) is 5.35. The summed E-state index contributed by atoms with van der Waals surface area (Å²) >= 11 is 12.4. The quantitative estimate of drug-likeness (QED) is 0.205. The average Bonchev–Trinajstić information content (AvgIpc) is 3.79. The smallest absolute Gasteiger partial charge is 0.345 e. The molecule has 1 fully saturated rings. The van der Waals surface area contributed by atoms with E-state index in [9.17, 15) is 18.3 Å². The van der Waals surface area contributed by atoms with Gasteiger partial charge >= 0.3 is 5.63 Å². The molecule has 6 nitrogen and oxygen atoms in total. The summed E-state index contributed by atoms with van der Waals surface area (Å²) in [4.78, 5) is 13.6. The molecule has 2 atom stereocenters. The van der Waals surface area contributed by atoms with Crippen LogP contribution in [0.1, 0.15) is 54.6 Å². The molecule has 1 heterocycles. The van der Waals surface area contributed by atoms with E-state index in [0.717, 1.165) is 5.56 Å². The van der Waals surface area contributed by atoms with Gasteiger partial charge in [0.1, 0.15) is 22.0 Å². The van der Waals surface area contributed by atoms with Crippen LogP contribution in [0.25, 0.3) is 0 Å². The van der Waals surface area contributed by atoms with Crippen LogP contribution in [0, 0.1) is 5.92 Å². The summed E-state index contributed by atoms with van der Waals surface area (Å²) in [6.45, 7) is 1.99. The predicted molar refractivity (Wildman–Crippen MR) is 157 cm³/mol. The second-order valence-electron chi connectivity index (χ2n) is 10.1. The first-order valence-corrected chi connectivity index (χ1v) is 15.4. The lowest BCUT2D eigenvalue weighted by atomic mass is 9.79. The maximum absolute atomic E-state index is 13.9. The van der Waals surface area contributed by atoms with Gasteiger partial charge in [0.25, 0.3) is 0 Å². The molecule has 2 unspecified atom stereocenters. The Bertz CT molecular complexity index is 1670. The van der Waals surface area contributed by atoms with E-state index in [4.69, 9.17) is 27.6 Å². The van der Waals surface area contributed by atoms with E-state index in [0.29, 0.717) is 37.0 Å². The molecule has 1 aliphatic rings. The molecule has 0 aliphatic heterocycles. The van der Waals surface area contributed by atoms with Crippen LogP contribution >= 0.6 is 23.2 Å². The summed E-state index contributed by atoms with van der Waals surface area (Å²) in [6.07, 6.45) is 2.55. The zero-order valence-electron chi connectivity index (χ0n) is 21.8. The molecule has 0 radical (unpaired) electrons. The molecule has 9 heteroatoms. The van der Waals surface area contributed by atoms with Gasteiger partial charge in [-0.1, -0.05) is 90.8 Å². The van der Waals surface area contributed by atoms with Crippen molar-refractivity contribution in [1.82, 2.24) is 4.72 Å². The molecule has 0 spiro atoms. The number of benzene rings is 3. The standard InChI is InChI=1S/C31H29Cl2NO5S/c1-2-21(17-20-9-5-3-6-10-20)27-19-26(35)29(30(36)39-27)31(23-13-14-23,22-11-7-4-8-12-22)34-40(37,38)28-18-24(32)15-16-25(28)33/h3-12,15-16,18-19,21,23,34-35H,2,13-14,17H2,1H3. The first-order valence-electron chi connectivity index (χ1n) is 13.1. The Kier molecular flexibility index (Phi) is 8.11. The number of rotatable bonds is 10. The van der Waals surface area contributed by atoms with E-state index in [1.165, 1.54) is 24.3 Å². The minimum absolute atomic E-state index is 0.0204. The van der Waals surface area contributed by atoms with Crippen LogP contribution < -0.4 is 10.3 Å². The van der Waals surface area contributed by atoms with Crippen LogP contribution in [-0.2, 0) is 22.0 Å². The molecule has 2 N–H and O–H groups in total. The Morgan fingerprint density at radius 1 is 1.00 bits per heavy atom. The number of hydrogen-bond donors (Lipinski definition) is 2. The van der Waals surface area contributed by atoms with Gasteiger partial charge in [-0.05, 0) is 60.9 Å². The molecule has 1 saturated carbocycles. The number of aromatic hydroxyl groups is 1. The molecule has 4 aromatic rings. The first kappa shape index (κ1) is 28.4. The molecule has 0 saturated heterocycles. The van der Waals surface area contributed by atoms with Gasteiger partial charge in [-0.2, -0.15) is 4.72 Å². The molecule has 3 aromatic carbocycles. The van der Waals surface area contributed by atoms with Crippen LogP contribution in [0.4, 0.5) is 0 Å². The number of sulfonamides is 1. The third-order valence-corrected chi connectivity index (χ3v) is 9.65. The van der Waals surface area contributed by atoms with E-state index in [1.54, 1.807) is 30.3 Å². The Labute approximate surface area is 243 Å². The maximum Gasteiger partial charge on any atom is 0.345 e. The lowest BCUT2D eigenvalue weighted by Gasteiger charge is -2.35. The van der Waals surface area contributed by atoms with Crippen molar-refractivity contribution in [3.05, 3.63) is 128 Å². The van der Waals surface area contributed by atoms with E-state index in [1.807, 2.05) is 37.3 Å². The van der Waals surface area contributed by atoms with Crippen molar-refractivity contribution in [2.45, 2.75) is 49.0 Å². The number of nitrogens with one attached hydrogen (secondary N) is 1. The molecule has 40 heavy (non-hydrogen) atoms. The predicted octanol–water partition coefficient (Wildman–Crippen LogP) is 7.02. The van der Waals surface area contributed by atoms with Gasteiger partial charge in [-0.25, -0.2) is 13.2 Å². The van der Waals surface area contributed by atoms with Crippen LogP contribution in [0.15, 0.2) is 99.0 Å². The summed E-state index contributed by atoms with van der Waals surface area (Å²) in [5, 5.41) is 11.7. The van der Waals surface area contributed by atoms with Crippen LogP contribution in [0.3, 0.4) is 0 Å². The highest BCUT2D eigenvalue weighted by Crippen LogP contribution is 2.52. The van der Waals surface area contributed by atoms with E-state index in [-0.39, 0.29) is 38.1 Å². The van der Waals surface area contributed by atoms with Gasteiger partial charge < -0.3 is 9.52 Å². The lowest BCUT2D eigenvalue weighted by Crippen LogP contribution is -2.51. The highest BCUT2D eigenvalue weighted by Gasteiger charge is 2.54. The van der Waals surface area contributed by atoms with Crippen molar-refractivity contribution in [3.63, 3.8) is 0 Å². The molecule has 0 amide bonds. The molecular formula is C31H29Cl2NO5S.